The van der Waals surface area contributed by atoms with Gasteiger partial charge in [-0.2, -0.15) is 0 Å². The molecule has 2 bridgehead atoms. The molecule has 0 aromatic rings. The molecule has 3 unspecified atom stereocenters. The maximum absolute atomic E-state index is 9.18. The fourth-order valence-electron chi connectivity index (χ4n) is 2.73. The Labute approximate surface area is 80.3 Å². The number of ether oxygens (including phenoxy) is 1. The van der Waals surface area contributed by atoms with E-state index in [1.54, 1.807) is 0 Å². The molecular formula is C11H20O2. The summed E-state index contributed by atoms with van der Waals surface area (Å²) in [5.41, 5.74) is 0.0819. The van der Waals surface area contributed by atoms with Crippen molar-refractivity contribution in [3.8, 4) is 0 Å². The van der Waals surface area contributed by atoms with Crippen LogP contribution in [0.3, 0.4) is 0 Å². The molecule has 1 N–H and O–H groups in total. The van der Waals surface area contributed by atoms with Gasteiger partial charge in [-0.15, -0.1) is 0 Å². The van der Waals surface area contributed by atoms with Gasteiger partial charge in [0.15, 0.2) is 0 Å². The Balaban J connectivity index is 1.89. The molecule has 0 aromatic carbocycles. The van der Waals surface area contributed by atoms with Crippen LogP contribution in [0.25, 0.3) is 0 Å². The predicted molar refractivity (Wildman–Crippen MR) is 51.5 cm³/mol. The Morgan fingerprint density at radius 3 is 2.62 bits per heavy atom. The number of fused-ring (bicyclic) bond motifs is 2. The van der Waals surface area contributed by atoms with E-state index in [4.69, 9.17) is 4.74 Å². The lowest BCUT2D eigenvalue weighted by Crippen LogP contribution is -2.26. The minimum Gasteiger partial charge on any atom is -0.396 e. The van der Waals surface area contributed by atoms with E-state index in [1.807, 2.05) is 0 Å². The van der Waals surface area contributed by atoms with Gasteiger partial charge in [0.25, 0.3) is 0 Å². The number of hydrogen-bond acceptors (Lipinski definition) is 2. The van der Waals surface area contributed by atoms with Crippen LogP contribution in [-0.4, -0.2) is 23.9 Å². The van der Waals surface area contributed by atoms with E-state index in [2.05, 4.69) is 13.8 Å². The first-order chi connectivity index (χ1) is 6.11. The van der Waals surface area contributed by atoms with Crippen molar-refractivity contribution in [1.82, 2.24) is 0 Å². The Morgan fingerprint density at radius 1 is 1.38 bits per heavy atom. The first-order valence-corrected chi connectivity index (χ1v) is 5.37. The second kappa shape index (κ2) is 3.25. The largest absolute Gasteiger partial charge is 0.396 e. The van der Waals surface area contributed by atoms with Gasteiger partial charge in [-0.3, -0.25) is 0 Å². The summed E-state index contributed by atoms with van der Waals surface area (Å²) < 4.78 is 5.79. The van der Waals surface area contributed by atoms with Gasteiger partial charge >= 0.3 is 0 Å². The average Bonchev–Trinajstić information content (AvgIpc) is 2.64. The van der Waals surface area contributed by atoms with E-state index in [1.165, 1.54) is 19.3 Å². The van der Waals surface area contributed by atoms with Gasteiger partial charge in [0.2, 0.25) is 0 Å². The van der Waals surface area contributed by atoms with Gasteiger partial charge in [-0.25, -0.2) is 0 Å². The zero-order chi connectivity index (χ0) is 9.47. The van der Waals surface area contributed by atoms with Gasteiger partial charge < -0.3 is 9.84 Å². The second-order valence-corrected chi connectivity index (χ2v) is 5.40. The lowest BCUT2D eigenvalue weighted by molar-refractivity contribution is 0.0719. The van der Waals surface area contributed by atoms with Gasteiger partial charge in [-0.1, -0.05) is 13.8 Å². The van der Waals surface area contributed by atoms with Gasteiger partial charge in [-0.05, 0) is 37.0 Å². The van der Waals surface area contributed by atoms with E-state index >= 15 is 0 Å². The highest BCUT2D eigenvalue weighted by Crippen LogP contribution is 2.43. The summed E-state index contributed by atoms with van der Waals surface area (Å²) >= 11 is 0. The summed E-state index contributed by atoms with van der Waals surface area (Å²) in [5.74, 6) is 0.709. The van der Waals surface area contributed by atoms with Crippen LogP contribution in [0.5, 0.6) is 0 Å². The minimum atomic E-state index is 0.0819. The molecule has 13 heavy (non-hydrogen) atoms. The summed E-state index contributed by atoms with van der Waals surface area (Å²) in [6.45, 7) is 4.57. The highest BCUT2D eigenvalue weighted by Gasteiger charge is 2.42. The Hall–Kier alpha value is -0.0800. The first-order valence-electron chi connectivity index (χ1n) is 5.37. The molecule has 76 valence electrons. The van der Waals surface area contributed by atoms with Crippen molar-refractivity contribution in [2.45, 2.75) is 51.7 Å². The smallest absolute Gasteiger partial charge is 0.0609 e. The maximum atomic E-state index is 9.18. The standard InChI is InChI=1S/C11H20O2/c1-11(2,7-12)6-8-5-9-3-4-10(8)13-9/h8-10,12H,3-7H2,1-2H3. The summed E-state index contributed by atoms with van der Waals surface area (Å²) in [6, 6.07) is 0. The molecule has 0 aliphatic carbocycles. The third kappa shape index (κ3) is 1.89. The molecule has 2 fully saturated rings. The Bertz CT molecular complexity index is 189. The second-order valence-electron chi connectivity index (χ2n) is 5.40. The van der Waals surface area contributed by atoms with Crippen LogP contribution >= 0.6 is 0 Å². The molecule has 0 radical (unpaired) electrons. The van der Waals surface area contributed by atoms with Gasteiger partial charge in [0, 0.05) is 6.61 Å². The van der Waals surface area contributed by atoms with Crippen molar-refractivity contribution in [2.75, 3.05) is 6.61 Å². The van der Waals surface area contributed by atoms with Crippen LogP contribution in [0.15, 0.2) is 0 Å². The van der Waals surface area contributed by atoms with Crippen molar-refractivity contribution in [3.05, 3.63) is 0 Å². The summed E-state index contributed by atoms with van der Waals surface area (Å²) in [5, 5.41) is 9.18. The number of rotatable bonds is 3. The molecule has 2 saturated heterocycles. The molecule has 2 heterocycles. The number of aliphatic hydroxyl groups is 1. The normalized spacial score (nSPS) is 38.5. The van der Waals surface area contributed by atoms with Crippen LogP contribution in [-0.2, 0) is 4.74 Å². The van der Waals surface area contributed by atoms with Crippen LogP contribution in [0.1, 0.15) is 39.5 Å². The fourth-order valence-corrected chi connectivity index (χ4v) is 2.73. The molecule has 0 spiro atoms. The van der Waals surface area contributed by atoms with Crippen molar-refractivity contribution < 1.29 is 9.84 Å². The van der Waals surface area contributed by atoms with Crippen LogP contribution in [0.4, 0.5) is 0 Å². The average molecular weight is 184 g/mol. The molecule has 0 aromatic heterocycles. The molecular weight excluding hydrogens is 164 g/mol. The van der Waals surface area contributed by atoms with Crippen LogP contribution in [0, 0.1) is 11.3 Å². The summed E-state index contributed by atoms with van der Waals surface area (Å²) in [6.07, 6.45) is 5.91. The summed E-state index contributed by atoms with van der Waals surface area (Å²) in [4.78, 5) is 0. The SMILES string of the molecule is CC(C)(CO)CC1CC2CCC1O2. The third-order valence-electron chi connectivity index (χ3n) is 3.47. The van der Waals surface area contributed by atoms with Crippen molar-refractivity contribution in [3.63, 3.8) is 0 Å². The lowest BCUT2D eigenvalue weighted by atomic mass is 9.77. The van der Waals surface area contributed by atoms with E-state index in [9.17, 15) is 5.11 Å². The first kappa shape index (κ1) is 9.47. The zero-order valence-corrected chi connectivity index (χ0v) is 8.62. The molecule has 2 aliphatic rings. The summed E-state index contributed by atoms with van der Waals surface area (Å²) in [7, 11) is 0. The molecule has 0 amide bonds. The Morgan fingerprint density at radius 2 is 2.15 bits per heavy atom. The zero-order valence-electron chi connectivity index (χ0n) is 8.62. The minimum absolute atomic E-state index is 0.0819. The van der Waals surface area contributed by atoms with Crippen molar-refractivity contribution >= 4 is 0 Å². The van der Waals surface area contributed by atoms with E-state index < -0.39 is 0 Å². The lowest BCUT2D eigenvalue weighted by Gasteiger charge is -2.28. The van der Waals surface area contributed by atoms with Crippen molar-refractivity contribution in [2.24, 2.45) is 11.3 Å². The van der Waals surface area contributed by atoms with Crippen LogP contribution in [0.2, 0.25) is 0 Å². The van der Waals surface area contributed by atoms with E-state index in [0.717, 1.165) is 6.42 Å². The van der Waals surface area contributed by atoms with Gasteiger partial charge in [0.1, 0.15) is 0 Å². The Kier molecular flexibility index (Phi) is 2.37. The van der Waals surface area contributed by atoms with Crippen LogP contribution < -0.4 is 0 Å². The highest BCUT2D eigenvalue weighted by molar-refractivity contribution is 4.91. The fraction of sp³-hybridized carbons (Fsp3) is 1.00. The van der Waals surface area contributed by atoms with Crippen molar-refractivity contribution in [1.29, 1.82) is 0 Å². The molecule has 2 rings (SSSR count). The molecule has 0 saturated carbocycles. The predicted octanol–water partition coefficient (Wildman–Crippen LogP) is 1.96. The molecule has 2 nitrogen and oxygen atoms in total. The topological polar surface area (TPSA) is 29.5 Å². The maximum Gasteiger partial charge on any atom is 0.0609 e. The number of hydrogen-bond donors (Lipinski definition) is 1. The monoisotopic (exact) mass is 184 g/mol. The molecule has 2 aliphatic heterocycles. The van der Waals surface area contributed by atoms with Gasteiger partial charge in [0.05, 0.1) is 12.2 Å². The number of aliphatic hydroxyl groups excluding tert-OH is 1. The van der Waals surface area contributed by atoms with E-state index in [0.29, 0.717) is 24.7 Å². The van der Waals surface area contributed by atoms with E-state index in [-0.39, 0.29) is 5.41 Å². The quantitative estimate of drug-likeness (QED) is 0.726. The molecule has 3 atom stereocenters. The highest BCUT2D eigenvalue weighted by atomic mass is 16.5. The third-order valence-corrected chi connectivity index (χ3v) is 3.47. The molecule has 2 heteroatoms.